The van der Waals surface area contributed by atoms with E-state index in [1.54, 1.807) is 0 Å². The van der Waals surface area contributed by atoms with E-state index in [1.165, 1.54) is 16.4 Å². The fraction of sp³-hybridized carbons (Fsp3) is 0.0417. The van der Waals surface area contributed by atoms with E-state index in [0.29, 0.717) is 0 Å². The summed E-state index contributed by atoms with van der Waals surface area (Å²) in [6.45, 7) is 0. The van der Waals surface area contributed by atoms with Gasteiger partial charge in [0.15, 0.2) is 5.16 Å². The number of fused-ring (bicyclic) bond motifs is 1. The van der Waals surface area contributed by atoms with Crippen LogP contribution in [0.3, 0.4) is 0 Å². The number of nitrogens with one attached hydrogen (secondary N) is 1. The third-order valence-corrected chi connectivity index (χ3v) is 5.64. The molecule has 0 saturated heterocycles. The molecule has 0 atom stereocenters. The van der Waals surface area contributed by atoms with Crippen LogP contribution in [0.1, 0.15) is 4.79 Å². The predicted octanol–water partition coefficient (Wildman–Crippen LogP) is 5.53. The Labute approximate surface area is 177 Å². The summed E-state index contributed by atoms with van der Waals surface area (Å²) in [5.41, 5.74) is 5.34. The van der Waals surface area contributed by atoms with Gasteiger partial charge < -0.3 is 4.98 Å². The lowest BCUT2D eigenvalue weighted by molar-refractivity contribution is 0.0929. The molecule has 0 aliphatic heterocycles. The summed E-state index contributed by atoms with van der Waals surface area (Å²) in [6, 6.07) is 29.5. The zero-order chi connectivity index (χ0) is 20.3. The van der Waals surface area contributed by atoms with Gasteiger partial charge >= 0.3 is 0 Å². The van der Waals surface area contributed by atoms with Crippen LogP contribution in [0.5, 0.6) is 0 Å². The van der Waals surface area contributed by atoms with Gasteiger partial charge in [-0.2, -0.15) is 9.78 Å². The van der Waals surface area contributed by atoms with Crippen LogP contribution < -0.4 is 0 Å². The average molecular weight is 411 g/mol. The van der Waals surface area contributed by atoms with Gasteiger partial charge in [0.25, 0.3) is 5.91 Å². The highest BCUT2D eigenvalue weighted by Gasteiger charge is 2.17. The predicted molar refractivity (Wildman–Crippen MR) is 121 cm³/mol. The molecule has 0 saturated carbocycles. The number of carbonyl (C=O) groups is 1. The van der Waals surface area contributed by atoms with Gasteiger partial charge in [0.05, 0.1) is 28.2 Å². The number of rotatable bonds is 5. The van der Waals surface area contributed by atoms with Crippen molar-refractivity contribution < 1.29 is 4.79 Å². The molecular weight excluding hydrogens is 392 g/mol. The van der Waals surface area contributed by atoms with Crippen molar-refractivity contribution in [3.63, 3.8) is 0 Å². The molecule has 3 aromatic carbocycles. The van der Waals surface area contributed by atoms with E-state index in [4.69, 9.17) is 0 Å². The number of imidazole rings is 1. The van der Waals surface area contributed by atoms with Crippen LogP contribution in [-0.2, 0) is 0 Å². The first-order valence-electron chi connectivity index (χ1n) is 9.59. The molecular formula is C24H18N4OS. The lowest BCUT2D eigenvalue weighted by atomic mass is 10.1. The molecule has 6 heteroatoms. The van der Waals surface area contributed by atoms with E-state index in [0.717, 1.165) is 38.7 Å². The minimum Gasteiger partial charge on any atom is -0.333 e. The zero-order valence-corrected chi connectivity index (χ0v) is 16.8. The van der Waals surface area contributed by atoms with Gasteiger partial charge in [-0.3, -0.25) is 4.79 Å². The molecule has 0 aliphatic rings. The maximum Gasteiger partial charge on any atom is 0.257 e. The van der Waals surface area contributed by atoms with Crippen LogP contribution in [0.2, 0.25) is 0 Å². The second kappa shape index (κ2) is 8.00. The van der Waals surface area contributed by atoms with Crippen molar-refractivity contribution in [2.45, 2.75) is 5.16 Å². The SMILES string of the molecule is O=C(CSc1nc2ccccc2[nH]1)n1nc(-c2ccccc2)cc1-c1ccccc1. The summed E-state index contributed by atoms with van der Waals surface area (Å²) in [5.74, 6) is 0.136. The Morgan fingerprint density at radius 2 is 1.53 bits per heavy atom. The lowest BCUT2D eigenvalue weighted by Gasteiger charge is -2.05. The first-order valence-corrected chi connectivity index (χ1v) is 10.6. The Balaban J connectivity index is 1.45. The Morgan fingerprint density at radius 3 is 2.27 bits per heavy atom. The summed E-state index contributed by atoms with van der Waals surface area (Å²) >= 11 is 1.38. The van der Waals surface area contributed by atoms with Crippen LogP contribution in [0, 0.1) is 0 Å². The molecule has 0 fully saturated rings. The van der Waals surface area contributed by atoms with Crippen LogP contribution in [0.4, 0.5) is 0 Å². The molecule has 2 aromatic heterocycles. The number of benzene rings is 3. The minimum atomic E-state index is -0.0958. The van der Waals surface area contributed by atoms with Crippen molar-refractivity contribution >= 4 is 28.7 Å². The normalized spacial score (nSPS) is 11.1. The summed E-state index contributed by atoms with van der Waals surface area (Å²) in [5, 5.41) is 5.36. The van der Waals surface area contributed by atoms with E-state index in [2.05, 4.69) is 15.1 Å². The number of hydrogen-bond acceptors (Lipinski definition) is 4. The van der Waals surface area contributed by atoms with Crippen molar-refractivity contribution in [2.24, 2.45) is 0 Å². The molecule has 5 nitrogen and oxygen atoms in total. The molecule has 146 valence electrons. The molecule has 5 aromatic rings. The molecule has 0 aliphatic carbocycles. The van der Waals surface area contributed by atoms with Gasteiger partial charge in [-0.25, -0.2) is 4.98 Å². The number of carbonyl (C=O) groups excluding carboxylic acids is 1. The quantitative estimate of drug-likeness (QED) is 0.387. The maximum absolute atomic E-state index is 13.1. The first-order chi connectivity index (χ1) is 14.8. The maximum atomic E-state index is 13.1. The fourth-order valence-electron chi connectivity index (χ4n) is 3.32. The molecule has 0 radical (unpaired) electrons. The molecule has 0 spiro atoms. The number of hydrogen-bond donors (Lipinski definition) is 1. The highest BCUT2D eigenvalue weighted by atomic mass is 32.2. The minimum absolute atomic E-state index is 0.0958. The molecule has 1 N–H and O–H groups in total. The van der Waals surface area contributed by atoms with Gasteiger partial charge in [-0.15, -0.1) is 0 Å². The summed E-state index contributed by atoms with van der Waals surface area (Å²) < 4.78 is 1.51. The van der Waals surface area contributed by atoms with Crippen molar-refractivity contribution in [1.29, 1.82) is 0 Å². The van der Waals surface area contributed by atoms with E-state index in [1.807, 2.05) is 91.0 Å². The molecule has 30 heavy (non-hydrogen) atoms. The summed E-state index contributed by atoms with van der Waals surface area (Å²) in [6.07, 6.45) is 0. The highest BCUT2D eigenvalue weighted by Crippen LogP contribution is 2.27. The van der Waals surface area contributed by atoms with Gasteiger partial charge in [-0.05, 0) is 18.2 Å². The highest BCUT2D eigenvalue weighted by molar-refractivity contribution is 7.99. The lowest BCUT2D eigenvalue weighted by Crippen LogP contribution is -2.16. The van der Waals surface area contributed by atoms with E-state index >= 15 is 0 Å². The number of para-hydroxylation sites is 2. The Morgan fingerprint density at radius 1 is 0.867 bits per heavy atom. The van der Waals surface area contributed by atoms with Gasteiger partial charge in [0.1, 0.15) is 0 Å². The van der Waals surface area contributed by atoms with Gasteiger partial charge in [0.2, 0.25) is 0 Å². The molecule has 2 heterocycles. The monoisotopic (exact) mass is 410 g/mol. The number of H-pyrrole nitrogens is 1. The Bertz CT molecular complexity index is 1280. The largest absolute Gasteiger partial charge is 0.333 e. The average Bonchev–Trinajstić information content (AvgIpc) is 3.43. The van der Waals surface area contributed by atoms with Gasteiger partial charge in [-0.1, -0.05) is 84.6 Å². The topological polar surface area (TPSA) is 63.6 Å². The fourth-order valence-corrected chi connectivity index (χ4v) is 4.05. The number of thioether (sulfide) groups is 1. The summed E-state index contributed by atoms with van der Waals surface area (Å²) in [7, 11) is 0. The van der Waals surface area contributed by atoms with Crippen LogP contribution in [0.15, 0.2) is 96.2 Å². The third-order valence-electron chi connectivity index (χ3n) is 4.78. The zero-order valence-electron chi connectivity index (χ0n) is 16.0. The number of nitrogens with zero attached hydrogens (tertiary/aromatic N) is 3. The third kappa shape index (κ3) is 3.65. The van der Waals surface area contributed by atoms with Crippen LogP contribution in [0.25, 0.3) is 33.5 Å². The molecule has 5 rings (SSSR count). The Hall–Kier alpha value is -3.64. The second-order valence-corrected chi connectivity index (χ2v) is 7.76. The summed E-state index contributed by atoms with van der Waals surface area (Å²) in [4.78, 5) is 20.9. The number of aromatic nitrogens is 4. The molecule has 0 unspecified atom stereocenters. The van der Waals surface area contributed by atoms with Crippen molar-refractivity contribution in [2.75, 3.05) is 5.75 Å². The molecule has 0 amide bonds. The Kier molecular flexibility index (Phi) is 4.91. The van der Waals surface area contributed by atoms with E-state index in [-0.39, 0.29) is 11.7 Å². The van der Waals surface area contributed by atoms with Crippen molar-refractivity contribution in [1.82, 2.24) is 19.7 Å². The van der Waals surface area contributed by atoms with Gasteiger partial charge in [0, 0.05) is 11.1 Å². The molecule has 0 bridgehead atoms. The van der Waals surface area contributed by atoms with E-state index in [9.17, 15) is 4.79 Å². The standard InChI is InChI=1S/C24H18N4OS/c29-23(16-30-24-25-19-13-7-8-14-20(19)26-24)28-22(18-11-5-2-6-12-18)15-21(27-28)17-9-3-1-4-10-17/h1-15H,16H2,(H,25,26). The van der Waals surface area contributed by atoms with Crippen molar-refractivity contribution in [3.05, 3.63) is 91.0 Å². The second-order valence-electron chi connectivity index (χ2n) is 6.80. The van der Waals surface area contributed by atoms with Crippen LogP contribution >= 0.6 is 11.8 Å². The van der Waals surface area contributed by atoms with Crippen LogP contribution in [-0.4, -0.2) is 31.4 Å². The smallest absolute Gasteiger partial charge is 0.257 e. The van der Waals surface area contributed by atoms with Crippen molar-refractivity contribution in [3.8, 4) is 22.5 Å². The van der Waals surface area contributed by atoms with E-state index < -0.39 is 0 Å². The number of aromatic amines is 1. The first kappa shape index (κ1) is 18.4.